The predicted molar refractivity (Wildman–Crippen MR) is 89.3 cm³/mol. The zero-order valence-electron chi connectivity index (χ0n) is 13.0. The van der Waals surface area contributed by atoms with Crippen LogP contribution in [0.4, 0.5) is 4.39 Å². The van der Waals surface area contributed by atoms with Crippen molar-refractivity contribution in [2.75, 3.05) is 6.26 Å². The fraction of sp³-hybridized carbons (Fsp3) is 0.333. The van der Waals surface area contributed by atoms with Gasteiger partial charge in [0.1, 0.15) is 5.82 Å². The first-order chi connectivity index (χ1) is 10.0. The molecule has 0 saturated carbocycles. The molecule has 0 aliphatic heterocycles. The monoisotopic (exact) mass is 303 g/mol. The smallest absolute Gasteiger partial charge is 0.126 e. The van der Waals surface area contributed by atoms with Gasteiger partial charge in [-0.1, -0.05) is 24.3 Å². The molecular formula is C18H22FNS. The topological polar surface area (TPSA) is 12.0 Å². The molecular weight excluding hydrogens is 281 g/mol. The number of hydrogen-bond acceptors (Lipinski definition) is 2. The maximum atomic E-state index is 13.7. The van der Waals surface area contributed by atoms with Crippen LogP contribution in [0.3, 0.4) is 0 Å². The van der Waals surface area contributed by atoms with Crippen molar-refractivity contribution < 1.29 is 4.39 Å². The van der Waals surface area contributed by atoms with Gasteiger partial charge < -0.3 is 5.32 Å². The summed E-state index contributed by atoms with van der Waals surface area (Å²) in [4.78, 5) is 1.26. The second kappa shape index (κ2) is 7.10. The number of aryl methyl sites for hydroxylation is 1. The maximum Gasteiger partial charge on any atom is 0.126 e. The molecule has 2 unspecified atom stereocenters. The highest BCUT2D eigenvalue weighted by atomic mass is 32.2. The van der Waals surface area contributed by atoms with Crippen LogP contribution in [0.2, 0.25) is 0 Å². The minimum atomic E-state index is -0.141. The van der Waals surface area contributed by atoms with Gasteiger partial charge in [-0.05, 0) is 61.9 Å². The van der Waals surface area contributed by atoms with E-state index in [1.807, 2.05) is 12.1 Å². The maximum absolute atomic E-state index is 13.7. The van der Waals surface area contributed by atoms with Crippen molar-refractivity contribution in [3.63, 3.8) is 0 Å². The summed E-state index contributed by atoms with van der Waals surface area (Å²) in [6, 6.07) is 14.3. The lowest BCUT2D eigenvalue weighted by atomic mass is 10.0. The van der Waals surface area contributed by atoms with Crippen LogP contribution in [0.5, 0.6) is 0 Å². The van der Waals surface area contributed by atoms with Gasteiger partial charge in [-0.3, -0.25) is 0 Å². The second-order valence-corrected chi connectivity index (χ2v) is 6.27. The summed E-state index contributed by atoms with van der Waals surface area (Å²) in [5, 5.41) is 3.52. The molecule has 1 nitrogen and oxygen atoms in total. The molecule has 2 aromatic rings. The average Bonchev–Trinajstić information content (AvgIpc) is 2.50. The van der Waals surface area contributed by atoms with Crippen LogP contribution in [0.1, 0.15) is 42.6 Å². The molecule has 2 atom stereocenters. The van der Waals surface area contributed by atoms with Crippen LogP contribution in [-0.2, 0) is 0 Å². The van der Waals surface area contributed by atoms with Gasteiger partial charge in [-0.15, -0.1) is 11.8 Å². The van der Waals surface area contributed by atoms with Crippen molar-refractivity contribution in [1.82, 2.24) is 5.32 Å². The molecule has 0 fully saturated rings. The Bertz CT molecular complexity index is 595. The Morgan fingerprint density at radius 3 is 2.10 bits per heavy atom. The lowest BCUT2D eigenvalue weighted by Crippen LogP contribution is -2.22. The van der Waals surface area contributed by atoms with Crippen molar-refractivity contribution in [1.29, 1.82) is 0 Å². The summed E-state index contributed by atoms with van der Waals surface area (Å²) in [6.07, 6.45) is 2.07. The van der Waals surface area contributed by atoms with E-state index in [1.54, 1.807) is 24.8 Å². The quantitative estimate of drug-likeness (QED) is 0.755. The highest BCUT2D eigenvalue weighted by molar-refractivity contribution is 7.98. The van der Waals surface area contributed by atoms with Crippen molar-refractivity contribution >= 4 is 11.8 Å². The first-order valence-corrected chi connectivity index (χ1v) is 8.39. The van der Waals surface area contributed by atoms with E-state index in [9.17, 15) is 4.39 Å². The summed E-state index contributed by atoms with van der Waals surface area (Å²) in [7, 11) is 0. The molecule has 0 bridgehead atoms. The van der Waals surface area contributed by atoms with E-state index in [2.05, 4.69) is 49.7 Å². The molecule has 0 aromatic heterocycles. The number of nitrogens with one attached hydrogen (secondary N) is 1. The van der Waals surface area contributed by atoms with Crippen LogP contribution >= 0.6 is 11.8 Å². The van der Waals surface area contributed by atoms with Gasteiger partial charge >= 0.3 is 0 Å². The van der Waals surface area contributed by atoms with Gasteiger partial charge in [0.15, 0.2) is 0 Å². The van der Waals surface area contributed by atoms with E-state index < -0.39 is 0 Å². The summed E-state index contributed by atoms with van der Waals surface area (Å²) in [5.41, 5.74) is 2.91. The van der Waals surface area contributed by atoms with E-state index in [0.29, 0.717) is 5.56 Å². The molecule has 2 aromatic carbocycles. The van der Waals surface area contributed by atoms with Crippen molar-refractivity contribution in [2.24, 2.45) is 0 Å². The van der Waals surface area contributed by atoms with Crippen LogP contribution < -0.4 is 5.32 Å². The van der Waals surface area contributed by atoms with Gasteiger partial charge in [0.05, 0.1) is 0 Å². The predicted octanol–water partition coefficient (Wildman–Crippen LogP) is 5.27. The SMILES string of the molecule is CSc1ccc(C(C)NC(C)c2ccc(C)c(F)c2)cc1. The van der Waals surface area contributed by atoms with E-state index >= 15 is 0 Å². The van der Waals surface area contributed by atoms with Crippen LogP contribution in [0.25, 0.3) is 0 Å². The zero-order valence-corrected chi connectivity index (χ0v) is 13.8. The molecule has 1 N–H and O–H groups in total. The number of halogens is 1. The lowest BCUT2D eigenvalue weighted by Gasteiger charge is -2.21. The van der Waals surface area contributed by atoms with Gasteiger partial charge in [0.25, 0.3) is 0 Å². The summed E-state index contributed by atoms with van der Waals surface area (Å²) >= 11 is 1.74. The summed E-state index contributed by atoms with van der Waals surface area (Å²) in [6.45, 7) is 5.99. The van der Waals surface area contributed by atoms with Crippen LogP contribution in [0.15, 0.2) is 47.4 Å². The Hall–Kier alpha value is -1.32. The Morgan fingerprint density at radius 2 is 1.52 bits per heavy atom. The zero-order chi connectivity index (χ0) is 15.4. The molecule has 0 aliphatic carbocycles. The molecule has 0 spiro atoms. The highest BCUT2D eigenvalue weighted by Gasteiger charge is 2.12. The van der Waals surface area contributed by atoms with Crippen LogP contribution in [0, 0.1) is 12.7 Å². The Labute approximate surface area is 131 Å². The molecule has 0 amide bonds. The van der Waals surface area contributed by atoms with Crippen molar-refractivity contribution in [3.8, 4) is 0 Å². The summed E-state index contributed by atoms with van der Waals surface area (Å²) < 4.78 is 13.7. The molecule has 0 aliphatic rings. The van der Waals surface area contributed by atoms with Gasteiger partial charge in [0, 0.05) is 17.0 Å². The van der Waals surface area contributed by atoms with Gasteiger partial charge in [0.2, 0.25) is 0 Å². The molecule has 0 heterocycles. The molecule has 0 radical (unpaired) electrons. The largest absolute Gasteiger partial charge is 0.304 e. The first-order valence-electron chi connectivity index (χ1n) is 7.17. The molecule has 3 heteroatoms. The van der Waals surface area contributed by atoms with E-state index in [4.69, 9.17) is 0 Å². The average molecular weight is 303 g/mol. The van der Waals surface area contributed by atoms with Gasteiger partial charge in [-0.25, -0.2) is 4.39 Å². The van der Waals surface area contributed by atoms with E-state index in [1.165, 1.54) is 10.5 Å². The summed E-state index contributed by atoms with van der Waals surface area (Å²) in [5.74, 6) is -0.141. The van der Waals surface area contributed by atoms with E-state index in [-0.39, 0.29) is 17.9 Å². The third kappa shape index (κ3) is 4.08. The van der Waals surface area contributed by atoms with Gasteiger partial charge in [-0.2, -0.15) is 0 Å². The first kappa shape index (κ1) is 16.1. The van der Waals surface area contributed by atoms with Crippen LogP contribution in [-0.4, -0.2) is 6.26 Å². The second-order valence-electron chi connectivity index (χ2n) is 5.39. The standard InChI is InChI=1S/C18H22FNS/c1-12-5-6-16(11-18(12)19)14(3)20-13(2)15-7-9-17(21-4)10-8-15/h5-11,13-14,20H,1-4H3. The lowest BCUT2D eigenvalue weighted by molar-refractivity contribution is 0.491. The molecule has 112 valence electrons. The van der Waals surface area contributed by atoms with E-state index in [0.717, 1.165) is 5.56 Å². The van der Waals surface area contributed by atoms with Crippen molar-refractivity contribution in [2.45, 2.75) is 37.8 Å². The van der Waals surface area contributed by atoms with Crippen molar-refractivity contribution in [3.05, 3.63) is 65.0 Å². The minimum Gasteiger partial charge on any atom is -0.304 e. The highest BCUT2D eigenvalue weighted by Crippen LogP contribution is 2.23. The Morgan fingerprint density at radius 1 is 0.952 bits per heavy atom. The third-order valence-corrected chi connectivity index (χ3v) is 4.56. The Balaban J connectivity index is 2.06. The number of hydrogen-bond donors (Lipinski definition) is 1. The molecule has 2 rings (SSSR count). The minimum absolute atomic E-state index is 0.107. The fourth-order valence-corrected chi connectivity index (χ4v) is 2.75. The molecule has 21 heavy (non-hydrogen) atoms. The fourth-order valence-electron chi connectivity index (χ4n) is 2.34. The molecule has 0 saturated heterocycles. The normalized spacial score (nSPS) is 14.0. The Kier molecular flexibility index (Phi) is 5.43. The number of rotatable bonds is 5. The number of thioether (sulfide) groups is 1. The third-order valence-electron chi connectivity index (χ3n) is 3.81. The number of benzene rings is 2.